The summed E-state index contributed by atoms with van der Waals surface area (Å²) in [5.74, 6) is 0.177. The zero-order chi connectivity index (χ0) is 16.6. The molecule has 124 valence electrons. The fraction of sp³-hybridized carbons (Fsp3) is 0.556. The Morgan fingerprint density at radius 3 is 2.57 bits per heavy atom. The van der Waals surface area contributed by atoms with Gasteiger partial charge in [-0.2, -0.15) is 0 Å². The lowest BCUT2D eigenvalue weighted by Gasteiger charge is -2.44. The average Bonchev–Trinajstić information content (AvgIpc) is 2.95. The number of benzene rings is 1. The molecule has 2 aliphatic heterocycles. The van der Waals surface area contributed by atoms with Gasteiger partial charge in [0.15, 0.2) is 0 Å². The van der Waals surface area contributed by atoms with E-state index in [1.54, 1.807) is 4.90 Å². The first-order valence-electron chi connectivity index (χ1n) is 8.22. The first-order valence-corrected chi connectivity index (χ1v) is 8.22. The quantitative estimate of drug-likeness (QED) is 0.842. The maximum Gasteiger partial charge on any atom is 0.254 e. The number of carbonyl (C=O) groups is 2. The number of rotatable bonds is 2. The molecule has 0 bridgehead atoms. The van der Waals surface area contributed by atoms with Crippen LogP contribution in [0, 0.1) is 0 Å². The zero-order valence-corrected chi connectivity index (χ0v) is 14.0. The predicted octanol–water partition coefficient (Wildman–Crippen LogP) is 2.45. The van der Waals surface area contributed by atoms with Gasteiger partial charge in [0.25, 0.3) is 5.91 Å². The van der Waals surface area contributed by atoms with E-state index in [9.17, 15) is 9.59 Å². The van der Waals surface area contributed by atoms with Gasteiger partial charge >= 0.3 is 0 Å². The van der Waals surface area contributed by atoms with Crippen molar-refractivity contribution >= 4 is 17.5 Å². The van der Waals surface area contributed by atoms with Crippen LogP contribution in [0.3, 0.4) is 0 Å². The smallest absolute Gasteiger partial charge is 0.254 e. The highest BCUT2D eigenvalue weighted by Crippen LogP contribution is 2.26. The molecule has 1 aromatic rings. The van der Waals surface area contributed by atoms with E-state index in [0.717, 1.165) is 18.7 Å². The number of anilines is 1. The molecule has 1 aromatic carbocycles. The van der Waals surface area contributed by atoms with Crippen molar-refractivity contribution in [1.82, 2.24) is 4.90 Å². The molecule has 1 atom stereocenters. The minimum atomic E-state index is -0.312. The van der Waals surface area contributed by atoms with Gasteiger partial charge in [0.2, 0.25) is 5.91 Å². The van der Waals surface area contributed by atoms with Crippen LogP contribution in [-0.4, -0.2) is 48.1 Å². The number of morpholine rings is 1. The Balaban J connectivity index is 1.78. The first-order chi connectivity index (χ1) is 10.9. The second-order valence-electron chi connectivity index (χ2n) is 7.05. The van der Waals surface area contributed by atoms with Gasteiger partial charge in [0, 0.05) is 30.8 Å². The Morgan fingerprint density at radius 2 is 1.96 bits per heavy atom. The molecule has 2 heterocycles. The molecule has 3 rings (SSSR count). The van der Waals surface area contributed by atoms with Gasteiger partial charge in [-0.3, -0.25) is 9.59 Å². The minimum Gasteiger partial charge on any atom is -0.374 e. The summed E-state index contributed by atoms with van der Waals surface area (Å²) in [4.78, 5) is 28.3. The maximum absolute atomic E-state index is 12.8. The molecular formula is C18H24N2O3. The van der Waals surface area contributed by atoms with Crippen LogP contribution in [0.1, 0.15) is 44.0 Å². The standard InChI is InChI=1S/C18H24N2O3/c1-13-11-20(18(2,3)12-23-13)17(22)14-6-8-15(9-7-14)19-10-4-5-16(19)21/h6-9,13H,4-5,10-12H2,1-3H3. The van der Waals surface area contributed by atoms with Crippen molar-refractivity contribution in [3.05, 3.63) is 29.8 Å². The SMILES string of the molecule is CC1CN(C(=O)c2ccc(N3CCCC3=O)cc2)C(C)(C)CO1. The summed E-state index contributed by atoms with van der Waals surface area (Å²) in [6, 6.07) is 7.37. The highest BCUT2D eigenvalue weighted by molar-refractivity contribution is 5.97. The summed E-state index contributed by atoms with van der Waals surface area (Å²) in [5, 5.41) is 0. The number of amides is 2. The number of carbonyl (C=O) groups excluding carboxylic acids is 2. The van der Waals surface area contributed by atoms with E-state index in [0.29, 0.717) is 25.1 Å². The van der Waals surface area contributed by atoms with Crippen molar-refractivity contribution in [3.8, 4) is 0 Å². The second kappa shape index (κ2) is 5.96. The highest BCUT2D eigenvalue weighted by Gasteiger charge is 2.37. The maximum atomic E-state index is 12.8. The van der Waals surface area contributed by atoms with Gasteiger partial charge in [-0.15, -0.1) is 0 Å². The Bertz CT molecular complexity index is 609. The molecule has 1 unspecified atom stereocenters. The molecule has 0 radical (unpaired) electrons. The molecule has 0 saturated carbocycles. The van der Waals surface area contributed by atoms with E-state index >= 15 is 0 Å². The van der Waals surface area contributed by atoms with Gasteiger partial charge in [-0.1, -0.05) is 0 Å². The van der Waals surface area contributed by atoms with Crippen LogP contribution >= 0.6 is 0 Å². The van der Waals surface area contributed by atoms with Crippen LogP contribution in [-0.2, 0) is 9.53 Å². The van der Waals surface area contributed by atoms with E-state index in [1.165, 1.54) is 0 Å². The lowest BCUT2D eigenvalue weighted by Crippen LogP contribution is -2.57. The molecule has 5 nitrogen and oxygen atoms in total. The van der Waals surface area contributed by atoms with Crippen LogP contribution in [0.15, 0.2) is 24.3 Å². The van der Waals surface area contributed by atoms with E-state index in [4.69, 9.17) is 4.74 Å². The van der Waals surface area contributed by atoms with Gasteiger partial charge in [-0.25, -0.2) is 0 Å². The topological polar surface area (TPSA) is 49.9 Å². The third-order valence-corrected chi connectivity index (χ3v) is 4.64. The third-order valence-electron chi connectivity index (χ3n) is 4.64. The van der Waals surface area contributed by atoms with E-state index < -0.39 is 0 Å². The molecule has 23 heavy (non-hydrogen) atoms. The van der Waals surface area contributed by atoms with Crippen molar-refractivity contribution in [2.75, 3.05) is 24.6 Å². The summed E-state index contributed by atoms with van der Waals surface area (Å²) < 4.78 is 5.67. The summed E-state index contributed by atoms with van der Waals surface area (Å²) in [5.41, 5.74) is 1.22. The van der Waals surface area contributed by atoms with Crippen molar-refractivity contribution in [3.63, 3.8) is 0 Å². The van der Waals surface area contributed by atoms with Gasteiger partial charge < -0.3 is 14.5 Å². The van der Waals surface area contributed by atoms with Crippen LogP contribution in [0.2, 0.25) is 0 Å². The second-order valence-corrected chi connectivity index (χ2v) is 7.05. The minimum absolute atomic E-state index is 0.0180. The van der Waals surface area contributed by atoms with Crippen molar-refractivity contribution in [1.29, 1.82) is 0 Å². The zero-order valence-electron chi connectivity index (χ0n) is 14.0. The van der Waals surface area contributed by atoms with Gasteiger partial charge in [-0.05, 0) is 51.5 Å². The Kier molecular flexibility index (Phi) is 4.15. The highest BCUT2D eigenvalue weighted by atomic mass is 16.5. The molecule has 0 aromatic heterocycles. The lowest BCUT2D eigenvalue weighted by molar-refractivity contribution is -0.117. The Morgan fingerprint density at radius 1 is 1.26 bits per heavy atom. The number of ether oxygens (including phenoxy) is 1. The lowest BCUT2D eigenvalue weighted by atomic mass is 9.99. The van der Waals surface area contributed by atoms with Gasteiger partial charge in [0.05, 0.1) is 18.2 Å². The van der Waals surface area contributed by atoms with Crippen molar-refractivity contribution < 1.29 is 14.3 Å². The summed E-state index contributed by atoms with van der Waals surface area (Å²) in [7, 11) is 0. The molecule has 2 saturated heterocycles. The summed E-state index contributed by atoms with van der Waals surface area (Å²) in [6.07, 6.45) is 1.56. The van der Waals surface area contributed by atoms with Crippen LogP contribution in [0.25, 0.3) is 0 Å². The largest absolute Gasteiger partial charge is 0.374 e. The molecule has 0 spiro atoms. The summed E-state index contributed by atoms with van der Waals surface area (Å²) >= 11 is 0. The van der Waals surface area contributed by atoms with Crippen molar-refractivity contribution in [2.45, 2.75) is 45.3 Å². The average molecular weight is 316 g/mol. The predicted molar refractivity (Wildman–Crippen MR) is 88.6 cm³/mol. The molecule has 2 aliphatic rings. The molecule has 2 fully saturated rings. The first kappa shape index (κ1) is 16.0. The Hall–Kier alpha value is -1.88. The number of hydrogen-bond acceptors (Lipinski definition) is 3. The van der Waals surface area contributed by atoms with Crippen LogP contribution in [0.4, 0.5) is 5.69 Å². The fourth-order valence-electron chi connectivity index (χ4n) is 3.20. The van der Waals surface area contributed by atoms with Crippen LogP contribution in [0.5, 0.6) is 0 Å². The molecule has 2 amide bonds. The monoisotopic (exact) mass is 316 g/mol. The van der Waals surface area contributed by atoms with Gasteiger partial charge in [0.1, 0.15) is 0 Å². The number of nitrogens with zero attached hydrogens (tertiary/aromatic N) is 2. The summed E-state index contributed by atoms with van der Waals surface area (Å²) in [6.45, 7) is 7.93. The molecular weight excluding hydrogens is 292 g/mol. The number of hydrogen-bond donors (Lipinski definition) is 0. The van der Waals surface area contributed by atoms with Crippen LogP contribution < -0.4 is 4.90 Å². The van der Waals surface area contributed by atoms with Crippen molar-refractivity contribution in [2.24, 2.45) is 0 Å². The molecule has 0 N–H and O–H groups in total. The third kappa shape index (κ3) is 3.11. The molecule has 0 aliphatic carbocycles. The fourth-order valence-corrected chi connectivity index (χ4v) is 3.20. The van der Waals surface area contributed by atoms with E-state index in [1.807, 2.05) is 49.9 Å². The molecule has 5 heteroatoms. The van der Waals surface area contributed by atoms with E-state index in [2.05, 4.69) is 0 Å². The van der Waals surface area contributed by atoms with E-state index in [-0.39, 0.29) is 23.5 Å². The Labute approximate surface area is 137 Å². The normalized spacial score (nSPS) is 24.1.